The van der Waals surface area contributed by atoms with Crippen molar-refractivity contribution < 1.29 is 29.1 Å². The number of nitrogens with zero attached hydrogens (tertiary/aromatic N) is 2. The highest BCUT2D eigenvalue weighted by molar-refractivity contribution is 6.28. The minimum absolute atomic E-state index is 0.282. The Morgan fingerprint density at radius 3 is 1.51 bits per heavy atom. The molecule has 0 radical (unpaired) electrons. The lowest BCUT2D eigenvalue weighted by atomic mass is 9.41. The van der Waals surface area contributed by atoms with Gasteiger partial charge in [0, 0.05) is 11.0 Å². The van der Waals surface area contributed by atoms with Gasteiger partial charge >= 0.3 is 0 Å². The quantitative estimate of drug-likeness (QED) is 0.356. The zero-order valence-electron chi connectivity index (χ0n) is 23.5. The van der Waals surface area contributed by atoms with E-state index in [-0.39, 0.29) is 5.56 Å². The van der Waals surface area contributed by atoms with E-state index in [1.807, 2.05) is 0 Å². The molecule has 216 valence electrons. The summed E-state index contributed by atoms with van der Waals surface area (Å²) in [5.41, 5.74) is -1.84. The van der Waals surface area contributed by atoms with Crippen LogP contribution in [-0.4, -0.2) is 46.3 Å². The molecule has 3 aromatic carbocycles. The molecule has 2 saturated heterocycles. The maximum absolute atomic E-state index is 14.5. The molecule has 9 heteroatoms. The van der Waals surface area contributed by atoms with Crippen LogP contribution in [0, 0.1) is 29.1 Å². The number of aliphatic hydroxyl groups excluding tert-OH is 1. The van der Waals surface area contributed by atoms with Gasteiger partial charge in [-0.25, -0.2) is 9.80 Å². The average molecular weight is 576 g/mol. The zero-order chi connectivity index (χ0) is 30.3. The number of hydrogen-bond acceptors (Lipinski definition) is 6. The minimum atomic E-state index is -1.78. The van der Waals surface area contributed by atoms with Crippen molar-refractivity contribution in [3.8, 4) is 0 Å². The highest BCUT2D eigenvalue weighted by Crippen LogP contribution is 2.68. The number of carbonyl (C=O) groups excluding carboxylic acids is 5. The second-order valence-electron chi connectivity index (χ2n) is 11.9. The predicted octanol–water partition coefficient (Wildman–Crippen LogP) is 3.11. The number of rotatable bonds is 5. The molecule has 1 saturated carbocycles. The fourth-order valence-corrected chi connectivity index (χ4v) is 8.13. The van der Waals surface area contributed by atoms with Gasteiger partial charge in [0.1, 0.15) is 0 Å². The molecule has 43 heavy (non-hydrogen) atoms. The molecule has 8 rings (SSSR count). The Kier molecular flexibility index (Phi) is 5.84. The Labute approximate surface area is 247 Å². The van der Waals surface area contributed by atoms with E-state index in [0.29, 0.717) is 16.9 Å². The summed E-state index contributed by atoms with van der Waals surface area (Å²) >= 11 is 0. The van der Waals surface area contributed by atoms with Crippen molar-refractivity contribution in [2.75, 3.05) is 9.80 Å². The molecular weight excluding hydrogens is 546 g/mol. The molecule has 2 aliphatic heterocycles. The van der Waals surface area contributed by atoms with Crippen molar-refractivity contribution in [1.29, 1.82) is 0 Å². The van der Waals surface area contributed by atoms with Crippen molar-refractivity contribution in [3.05, 3.63) is 108 Å². The molecule has 3 fully saturated rings. The summed E-state index contributed by atoms with van der Waals surface area (Å²) in [5.74, 6) is -7.43. The maximum Gasteiger partial charge on any atom is 0.252 e. The fourth-order valence-electron chi connectivity index (χ4n) is 8.13. The van der Waals surface area contributed by atoms with E-state index in [2.05, 4.69) is 5.32 Å². The Bertz CT molecular complexity index is 1630. The van der Waals surface area contributed by atoms with Crippen molar-refractivity contribution in [3.63, 3.8) is 0 Å². The van der Waals surface area contributed by atoms with E-state index < -0.39 is 70.3 Å². The SMILES string of the molecule is CC(O)C1=CC2(NC(=O)c3ccccc3)[C@@H]3C(=O)N(c4ccccc4)C(=O)[C@@H]3C1(C)[C@@H]1C(=O)N(c3ccccc3)C(=O)[C@@H]12. The van der Waals surface area contributed by atoms with Gasteiger partial charge in [-0.3, -0.25) is 24.0 Å². The normalized spacial score (nSPS) is 31.6. The van der Waals surface area contributed by atoms with E-state index in [4.69, 9.17) is 0 Å². The van der Waals surface area contributed by atoms with Crippen LogP contribution >= 0.6 is 0 Å². The number of nitrogens with one attached hydrogen (secondary N) is 1. The van der Waals surface area contributed by atoms with Gasteiger partial charge in [0.25, 0.3) is 5.91 Å². The van der Waals surface area contributed by atoms with Crippen molar-refractivity contribution in [1.82, 2.24) is 5.32 Å². The molecule has 5 amide bonds. The van der Waals surface area contributed by atoms with Crippen LogP contribution in [0.2, 0.25) is 0 Å². The van der Waals surface area contributed by atoms with Gasteiger partial charge in [-0.15, -0.1) is 0 Å². The lowest BCUT2D eigenvalue weighted by molar-refractivity contribution is -0.152. The summed E-state index contributed by atoms with van der Waals surface area (Å²) in [6.07, 6.45) is 0.461. The van der Waals surface area contributed by atoms with Gasteiger partial charge in [0.2, 0.25) is 23.6 Å². The zero-order valence-corrected chi connectivity index (χ0v) is 23.5. The van der Waals surface area contributed by atoms with E-state index in [1.54, 1.807) is 104 Å². The molecule has 0 aromatic heterocycles. The highest BCUT2D eigenvalue weighted by Gasteiger charge is 2.80. The summed E-state index contributed by atoms with van der Waals surface area (Å²) < 4.78 is 0. The second-order valence-corrected chi connectivity index (χ2v) is 11.9. The molecule has 9 nitrogen and oxygen atoms in total. The number of benzene rings is 3. The van der Waals surface area contributed by atoms with E-state index in [9.17, 15) is 29.1 Å². The van der Waals surface area contributed by atoms with Crippen LogP contribution in [0.5, 0.6) is 0 Å². The third-order valence-corrected chi connectivity index (χ3v) is 9.80. The molecule has 3 unspecified atom stereocenters. The van der Waals surface area contributed by atoms with Crippen LogP contribution in [0.1, 0.15) is 24.2 Å². The molecule has 0 spiro atoms. The van der Waals surface area contributed by atoms with E-state index in [1.165, 1.54) is 6.92 Å². The monoisotopic (exact) mass is 575 g/mol. The van der Waals surface area contributed by atoms with Gasteiger partial charge < -0.3 is 10.4 Å². The van der Waals surface area contributed by atoms with Crippen molar-refractivity contribution in [2.45, 2.75) is 25.5 Å². The first-order valence-corrected chi connectivity index (χ1v) is 14.3. The topological polar surface area (TPSA) is 124 Å². The van der Waals surface area contributed by atoms with Crippen LogP contribution in [0.3, 0.4) is 0 Å². The fraction of sp³-hybridized carbons (Fsp3) is 0.265. The Hall–Kier alpha value is -4.89. The third kappa shape index (κ3) is 3.45. The molecular formula is C34H29N3O6. The molecule has 3 aromatic rings. The highest BCUT2D eigenvalue weighted by atomic mass is 16.3. The third-order valence-electron chi connectivity index (χ3n) is 9.80. The number of aliphatic hydroxyl groups is 1. The Balaban J connectivity index is 1.49. The predicted molar refractivity (Wildman–Crippen MR) is 156 cm³/mol. The first-order chi connectivity index (χ1) is 20.6. The smallest absolute Gasteiger partial charge is 0.252 e. The van der Waals surface area contributed by atoms with Crippen LogP contribution < -0.4 is 15.1 Å². The summed E-state index contributed by atoms with van der Waals surface area (Å²) in [5, 5.41) is 14.1. The summed E-state index contributed by atoms with van der Waals surface area (Å²) in [7, 11) is 0. The van der Waals surface area contributed by atoms with Gasteiger partial charge in [0.15, 0.2) is 0 Å². The van der Waals surface area contributed by atoms with Gasteiger partial charge in [-0.1, -0.05) is 67.6 Å². The van der Waals surface area contributed by atoms with E-state index >= 15 is 0 Å². The number of carbonyl (C=O) groups is 5. The Morgan fingerprint density at radius 2 is 1.09 bits per heavy atom. The minimum Gasteiger partial charge on any atom is -0.389 e. The standard InChI is InChI=1S/C34H29N3O6/c1-19(38)23-18-34(35-28(39)20-12-6-3-7-13-20)26-24(29(40)36(31(26)42)21-14-8-4-9-15-21)33(23,2)25-27(34)32(43)37(30(25)41)22-16-10-5-11-17-22/h3-19,24-27,38H,1-2H3,(H,35,39)/t19?,24-,25+,26+,27-,33?,34?. The van der Waals surface area contributed by atoms with Crippen LogP contribution in [-0.2, 0) is 19.2 Å². The molecule has 2 heterocycles. The summed E-state index contributed by atoms with van der Waals surface area (Å²) in [6.45, 7) is 3.23. The maximum atomic E-state index is 14.5. The number of hydrogen-bond donors (Lipinski definition) is 2. The molecule has 7 atom stereocenters. The van der Waals surface area contributed by atoms with Gasteiger partial charge in [-0.2, -0.15) is 0 Å². The summed E-state index contributed by atoms with van der Waals surface area (Å²) in [6, 6.07) is 25.3. The van der Waals surface area contributed by atoms with Crippen molar-refractivity contribution >= 4 is 40.9 Å². The molecule has 2 bridgehead atoms. The number of para-hydroxylation sites is 2. The number of amides is 5. The number of anilines is 2. The molecule has 2 N–H and O–H groups in total. The molecule has 3 aliphatic carbocycles. The van der Waals surface area contributed by atoms with Gasteiger partial charge in [-0.05, 0) is 48.9 Å². The lowest BCUT2D eigenvalue weighted by Gasteiger charge is -2.60. The van der Waals surface area contributed by atoms with Crippen molar-refractivity contribution in [2.24, 2.45) is 29.1 Å². The first-order valence-electron chi connectivity index (χ1n) is 14.3. The lowest BCUT2D eigenvalue weighted by Crippen LogP contribution is -2.73. The van der Waals surface area contributed by atoms with Crippen LogP contribution in [0.15, 0.2) is 103 Å². The largest absolute Gasteiger partial charge is 0.389 e. The van der Waals surface area contributed by atoms with E-state index in [0.717, 1.165) is 9.80 Å². The summed E-state index contributed by atoms with van der Waals surface area (Å²) in [4.78, 5) is 73.8. The Morgan fingerprint density at radius 1 is 0.698 bits per heavy atom. The van der Waals surface area contributed by atoms with Crippen LogP contribution in [0.4, 0.5) is 11.4 Å². The second kappa shape index (κ2) is 9.31. The number of imide groups is 2. The average Bonchev–Trinajstić information content (AvgIpc) is 3.46. The van der Waals surface area contributed by atoms with Gasteiger partial charge in [0.05, 0.1) is 46.7 Å². The first kappa shape index (κ1) is 27.0. The molecule has 5 aliphatic rings. The van der Waals surface area contributed by atoms with Crippen LogP contribution in [0.25, 0.3) is 0 Å².